The van der Waals surface area contributed by atoms with E-state index in [0.29, 0.717) is 19.3 Å². The number of unbranched alkanes of at least 4 members (excludes halogenated alkanes) is 4. The second kappa shape index (κ2) is 10.5. The highest BCUT2D eigenvalue weighted by molar-refractivity contribution is 5.79. The van der Waals surface area contributed by atoms with E-state index in [1.807, 2.05) is 0 Å². The third-order valence-corrected chi connectivity index (χ3v) is 3.71. The topological polar surface area (TPSA) is 37.3 Å². The number of rotatable bonds is 11. The molecule has 0 aliphatic heterocycles. The number of aliphatic hydroxyl groups is 1. The molecule has 1 atom stereocenters. The highest BCUT2D eigenvalue weighted by atomic mass is 19.1. The molecule has 0 saturated carbocycles. The fourth-order valence-corrected chi connectivity index (χ4v) is 2.39. The van der Waals surface area contributed by atoms with Crippen molar-refractivity contribution in [1.82, 2.24) is 0 Å². The van der Waals surface area contributed by atoms with Crippen LogP contribution in [0.15, 0.2) is 24.3 Å². The number of aliphatic hydroxyl groups excluding tert-OH is 1. The quantitative estimate of drug-likeness (QED) is 0.613. The molecular formula is C18H27FO2. The van der Waals surface area contributed by atoms with Crippen LogP contribution in [0.5, 0.6) is 0 Å². The maximum absolute atomic E-state index is 12.8. The monoisotopic (exact) mass is 294 g/mol. The Morgan fingerprint density at radius 1 is 1.14 bits per heavy atom. The Morgan fingerprint density at radius 2 is 1.81 bits per heavy atom. The molecule has 1 aromatic carbocycles. The Bertz CT molecular complexity index is 400. The summed E-state index contributed by atoms with van der Waals surface area (Å²) in [7, 11) is 0. The van der Waals surface area contributed by atoms with E-state index in [0.717, 1.165) is 18.4 Å². The summed E-state index contributed by atoms with van der Waals surface area (Å²) in [6.45, 7) is 2.18. The number of benzene rings is 1. The Morgan fingerprint density at radius 3 is 2.48 bits per heavy atom. The molecule has 0 heterocycles. The zero-order valence-corrected chi connectivity index (χ0v) is 13.0. The van der Waals surface area contributed by atoms with Crippen LogP contribution in [0.2, 0.25) is 0 Å². The van der Waals surface area contributed by atoms with Crippen LogP contribution in [0.1, 0.15) is 63.9 Å². The van der Waals surface area contributed by atoms with Gasteiger partial charge in [0.15, 0.2) is 0 Å². The van der Waals surface area contributed by atoms with Crippen LogP contribution < -0.4 is 0 Å². The third kappa shape index (κ3) is 8.61. The predicted molar refractivity (Wildman–Crippen MR) is 83.7 cm³/mol. The number of halogens is 1. The molecule has 2 nitrogen and oxygen atoms in total. The SMILES string of the molecule is CCCCCCCC(O)CC(=O)CCc1ccc(F)cc1. The van der Waals surface area contributed by atoms with Gasteiger partial charge in [-0.05, 0) is 30.5 Å². The maximum Gasteiger partial charge on any atom is 0.135 e. The van der Waals surface area contributed by atoms with Gasteiger partial charge in [-0.25, -0.2) is 4.39 Å². The van der Waals surface area contributed by atoms with E-state index in [1.54, 1.807) is 12.1 Å². The van der Waals surface area contributed by atoms with Crippen molar-refractivity contribution in [3.63, 3.8) is 0 Å². The van der Waals surface area contributed by atoms with Crippen molar-refractivity contribution < 1.29 is 14.3 Å². The molecular weight excluding hydrogens is 267 g/mol. The van der Waals surface area contributed by atoms with Gasteiger partial charge in [0.05, 0.1) is 6.10 Å². The van der Waals surface area contributed by atoms with Gasteiger partial charge in [0, 0.05) is 12.8 Å². The molecule has 0 amide bonds. The Hall–Kier alpha value is -1.22. The molecule has 21 heavy (non-hydrogen) atoms. The molecule has 0 spiro atoms. The molecule has 1 rings (SSSR count). The summed E-state index contributed by atoms with van der Waals surface area (Å²) in [5.74, 6) is -0.177. The van der Waals surface area contributed by atoms with E-state index in [1.165, 1.54) is 31.4 Å². The van der Waals surface area contributed by atoms with E-state index in [4.69, 9.17) is 0 Å². The van der Waals surface area contributed by atoms with Crippen molar-refractivity contribution in [2.45, 2.75) is 70.8 Å². The molecule has 118 valence electrons. The Kier molecular flexibility index (Phi) is 8.91. The lowest BCUT2D eigenvalue weighted by Gasteiger charge is -2.09. The first-order valence-corrected chi connectivity index (χ1v) is 8.06. The Labute approximate surface area is 127 Å². The van der Waals surface area contributed by atoms with Gasteiger partial charge in [-0.15, -0.1) is 0 Å². The standard InChI is InChI=1S/C18H27FO2/c1-2-3-4-5-6-7-17(20)14-18(21)13-10-15-8-11-16(19)12-9-15/h8-9,11-12,17,20H,2-7,10,13-14H2,1H3. The summed E-state index contributed by atoms with van der Waals surface area (Å²) in [5.41, 5.74) is 0.957. The van der Waals surface area contributed by atoms with Crippen molar-refractivity contribution in [3.05, 3.63) is 35.6 Å². The minimum Gasteiger partial charge on any atom is -0.393 e. The molecule has 0 aliphatic carbocycles. The van der Waals surface area contributed by atoms with Gasteiger partial charge >= 0.3 is 0 Å². The van der Waals surface area contributed by atoms with Gasteiger partial charge in [-0.2, -0.15) is 0 Å². The summed E-state index contributed by atoms with van der Waals surface area (Å²) in [6, 6.07) is 6.22. The van der Waals surface area contributed by atoms with E-state index in [2.05, 4.69) is 6.92 Å². The summed E-state index contributed by atoms with van der Waals surface area (Å²) < 4.78 is 12.8. The minimum atomic E-state index is -0.507. The number of carbonyl (C=O) groups is 1. The van der Waals surface area contributed by atoms with Crippen LogP contribution in [0.4, 0.5) is 4.39 Å². The van der Waals surface area contributed by atoms with Crippen LogP contribution >= 0.6 is 0 Å². The van der Waals surface area contributed by atoms with Crippen LogP contribution in [-0.2, 0) is 11.2 Å². The van der Waals surface area contributed by atoms with Crippen LogP contribution in [-0.4, -0.2) is 17.0 Å². The number of carbonyl (C=O) groups excluding carboxylic acids is 1. The Balaban J connectivity index is 2.13. The molecule has 0 radical (unpaired) electrons. The average Bonchev–Trinajstić information content (AvgIpc) is 2.46. The van der Waals surface area contributed by atoms with Gasteiger partial charge in [-0.1, -0.05) is 51.2 Å². The van der Waals surface area contributed by atoms with E-state index in [9.17, 15) is 14.3 Å². The lowest BCUT2D eigenvalue weighted by Crippen LogP contribution is -2.13. The molecule has 1 unspecified atom stereocenters. The molecule has 0 aromatic heterocycles. The zero-order chi connectivity index (χ0) is 15.5. The van der Waals surface area contributed by atoms with Gasteiger partial charge in [0.2, 0.25) is 0 Å². The highest BCUT2D eigenvalue weighted by Gasteiger charge is 2.10. The lowest BCUT2D eigenvalue weighted by molar-refractivity contribution is -0.121. The van der Waals surface area contributed by atoms with Gasteiger partial charge in [0.1, 0.15) is 11.6 Å². The number of hydrogen-bond donors (Lipinski definition) is 1. The number of hydrogen-bond acceptors (Lipinski definition) is 2. The van der Waals surface area contributed by atoms with Crippen molar-refractivity contribution >= 4 is 5.78 Å². The van der Waals surface area contributed by atoms with Crippen LogP contribution in [0.3, 0.4) is 0 Å². The van der Waals surface area contributed by atoms with Gasteiger partial charge in [-0.3, -0.25) is 4.79 Å². The van der Waals surface area contributed by atoms with Crippen molar-refractivity contribution in [3.8, 4) is 0 Å². The summed E-state index contributed by atoms with van der Waals surface area (Å²) in [5, 5.41) is 9.84. The van der Waals surface area contributed by atoms with Crippen molar-refractivity contribution in [2.75, 3.05) is 0 Å². The summed E-state index contributed by atoms with van der Waals surface area (Å²) in [4.78, 5) is 11.8. The van der Waals surface area contributed by atoms with E-state index >= 15 is 0 Å². The highest BCUT2D eigenvalue weighted by Crippen LogP contribution is 2.12. The number of Topliss-reactive ketones (excluding diaryl/α,β-unsaturated/α-hetero) is 1. The molecule has 3 heteroatoms. The third-order valence-electron chi connectivity index (χ3n) is 3.71. The number of ketones is 1. The lowest BCUT2D eigenvalue weighted by atomic mass is 10.0. The number of aryl methyl sites for hydroxylation is 1. The first kappa shape index (κ1) is 17.8. The minimum absolute atomic E-state index is 0.0837. The van der Waals surface area contributed by atoms with Crippen molar-refractivity contribution in [1.29, 1.82) is 0 Å². The summed E-state index contributed by atoms with van der Waals surface area (Å²) >= 11 is 0. The smallest absolute Gasteiger partial charge is 0.135 e. The second-order valence-electron chi connectivity index (χ2n) is 5.73. The average molecular weight is 294 g/mol. The fraction of sp³-hybridized carbons (Fsp3) is 0.611. The molecule has 0 aliphatic rings. The second-order valence-corrected chi connectivity index (χ2v) is 5.73. The van der Waals surface area contributed by atoms with Crippen LogP contribution in [0, 0.1) is 5.82 Å². The molecule has 1 N–H and O–H groups in total. The molecule has 1 aromatic rings. The zero-order valence-electron chi connectivity index (χ0n) is 13.0. The molecule has 0 saturated heterocycles. The van der Waals surface area contributed by atoms with Crippen molar-refractivity contribution in [2.24, 2.45) is 0 Å². The first-order chi connectivity index (χ1) is 10.1. The molecule has 0 bridgehead atoms. The van der Waals surface area contributed by atoms with Crippen LogP contribution in [0.25, 0.3) is 0 Å². The summed E-state index contributed by atoms with van der Waals surface area (Å²) in [6.07, 6.45) is 7.27. The maximum atomic E-state index is 12.8. The molecule has 0 fully saturated rings. The largest absolute Gasteiger partial charge is 0.393 e. The normalized spacial score (nSPS) is 12.3. The van der Waals surface area contributed by atoms with Gasteiger partial charge in [0.25, 0.3) is 0 Å². The fourth-order valence-electron chi connectivity index (χ4n) is 2.39. The van der Waals surface area contributed by atoms with E-state index in [-0.39, 0.29) is 18.0 Å². The van der Waals surface area contributed by atoms with Gasteiger partial charge < -0.3 is 5.11 Å². The first-order valence-electron chi connectivity index (χ1n) is 8.06. The van der Waals surface area contributed by atoms with E-state index < -0.39 is 6.10 Å². The predicted octanol–water partition coefficient (Wildman–Crippen LogP) is 4.44.